The van der Waals surface area contributed by atoms with E-state index in [9.17, 15) is 28.4 Å². The van der Waals surface area contributed by atoms with E-state index in [2.05, 4.69) is 20.9 Å². The number of aryl methyl sites for hydroxylation is 1. The quantitative estimate of drug-likeness (QED) is 0.392. The molecule has 5 amide bonds. The van der Waals surface area contributed by atoms with Crippen LogP contribution >= 0.6 is 0 Å². The van der Waals surface area contributed by atoms with Crippen LogP contribution in [0.3, 0.4) is 0 Å². The number of nitrogens with one attached hydrogen (secondary N) is 3. The molecule has 4 atom stereocenters. The first kappa shape index (κ1) is 31.5. The minimum atomic E-state index is -1.19. The van der Waals surface area contributed by atoms with Crippen LogP contribution in [0.2, 0.25) is 0 Å². The van der Waals surface area contributed by atoms with E-state index in [-0.39, 0.29) is 38.2 Å². The van der Waals surface area contributed by atoms with Gasteiger partial charge in [-0.3, -0.25) is 29.0 Å². The van der Waals surface area contributed by atoms with Gasteiger partial charge >= 0.3 is 0 Å². The second-order valence-electron chi connectivity index (χ2n) is 11.4. The zero-order valence-electron chi connectivity index (χ0n) is 25.2. The Morgan fingerprint density at radius 1 is 1.02 bits per heavy atom. The molecule has 0 unspecified atom stereocenters. The number of hydrogen-bond donors (Lipinski definition) is 3. The van der Waals surface area contributed by atoms with E-state index in [0.29, 0.717) is 16.6 Å². The Morgan fingerprint density at radius 3 is 2.53 bits per heavy atom. The number of carbonyl (C=O) groups is 5. The summed E-state index contributed by atoms with van der Waals surface area (Å²) in [6.07, 6.45) is -1.84. The standard InChI is InChI=1S/C32H35FN6O6/c1-18-11-24(23-10-9-21(33)13-25(23)35-18)31(43)39-15-22-14-34-29(41)19(2)36-28(40)17-38(3)32(44)26(12-20-7-5-4-6-8-20)37-30(42)27(16-39)45-22/h4-11,13,19,22,26-27H,12,14-17H2,1-3H3,(H,34,41)(H,36,40)(H,37,42)/t19-,22+,26-,27-/m1/s1. The number of amides is 5. The van der Waals surface area contributed by atoms with Gasteiger partial charge in [0.1, 0.15) is 17.9 Å². The smallest absolute Gasteiger partial charge is 0.254 e. The number of ether oxygens (including phenoxy) is 1. The molecule has 13 heteroatoms. The van der Waals surface area contributed by atoms with E-state index < -0.39 is 59.6 Å². The zero-order chi connectivity index (χ0) is 32.2. The highest BCUT2D eigenvalue weighted by molar-refractivity contribution is 6.06. The van der Waals surface area contributed by atoms with Crippen LogP contribution in [-0.2, 0) is 30.3 Å². The SMILES string of the molecule is Cc1cc(C(=O)N2C[C@@H]3CNC(=O)[C@@H](C)NC(=O)CN(C)C(=O)[C@@H](Cc4ccccc4)NC(=O)[C@@H](C2)O3)c2ccc(F)cc2n1. The van der Waals surface area contributed by atoms with Gasteiger partial charge in [0.05, 0.1) is 30.3 Å². The number of morpholine rings is 1. The van der Waals surface area contributed by atoms with E-state index in [1.165, 1.54) is 42.0 Å². The molecular weight excluding hydrogens is 583 g/mol. The fourth-order valence-electron chi connectivity index (χ4n) is 5.54. The molecule has 3 N–H and O–H groups in total. The lowest BCUT2D eigenvalue weighted by atomic mass is 10.0. The molecule has 3 aromatic rings. The van der Waals surface area contributed by atoms with Crippen LogP contribution in [0.1, 0.15) is 28.5 Å². The molecule has 0 radical (unpaired) electrons. The Bertz CT molecular complexity index is 1630. The number of halogens is 1. The Morgan fingerprint density at radius 2 is 1.78 bits per heavy atom. The van der Waals surface area contributed by atoms with Crippen molar-refractivity contribution in [2.75, 3.05) is 33.2 Å². The summed E-state index contributed by atoms with van der Waals surface area (Å²) in [6, 6.07) is 12.7. The summed E-state index contributed by atoms with van der Waals surface area (Å²) in [7, 11) is 1.44. The van der Waals surface area contributed by atoms with Crippen molar-refractivity contribution >= 4 is 40.4 Å². The van der Waals surface area contributed by atoms with Crippen LogP contribution in [0.25, 0.3) is 10.9 Å². The molecule has 2 aromatic carbocycles. The summed E-state index contributed by atoms with van der Waals surface area (Å²) < 4.78 is 20.1. The molecule has 236 valence electrons. The second kappa shape index (κ2) is 13.4. The highest BCUT2D eigenvalue weighted by Gasteiger charge is 2.38. The normalized spacial score (nSPS) is 23.5. The first-order valence-corrected chi connectivity index (χ1v) is 14.7. The summed E-state index contributed by atoms with van der Waals surface area (Å²) >= 11 is 0. The number of fused-ring (bicyclic) bond motifs is 3. The van der Waals surface area contributed by atoms with Gasteiger partial charge in [0, 0.05) is 43.7 Å². The molecule has 2 saturated heterocycles. The highest BCUT2D eigenvalue weighted by Crippen LogP contribution is 2.23. The molecule has 2 bridgehead atoms. The van der Waals surface area contributed by atoms with Crippen molar-refractivity contribution in [3.8, 4) is 0 Å². The molecule has 0 saturated carbocycles. The van der Waals surface area contributed by atoms with E-state index in [4.69, 9.17) is 4.74 Å². The number of hydrogen-bond acceptors (Lipinski definition) is 7. The number of benzene rings is 2. The third kappa shape index (κ3) is 7.43. The van der Waals surface area contributed by atoms with Crippen LogP contribution in [0.4, 0.5) is 4.39 Å². The maximum Gasteiger partial charge on any atom is 0.254 e. The van der Waals surface area contributed by atoms with Gasteiger partial charge in [0.15, 0.2) is 6.10 Å². The average Bonchev–Trinajstić information content (AvgIpc) is 3.01. The van der Waals surface area contributed by atoms with E-state index in [1.54, 1.807) is 13.0 Å². The predicted molar refractivity (Wildman–Crippen MR) is 161 cm³/mol. The monoisotopic (exact) mass is 618 g/mol. The molecule has 2 aliphatic heterocycles. The minimum Gasteiger partial charge on any atom is -0.360 e. The Hall–Kier alpha value is -4.91. The molecule has 0 spiro atoms. The first-order valence-electron chi connectivity index (χ1n) is 14.7. The molecule has 0 aliphatic carbocycles. The third-order valence-electron chi connectivity index (χ3n) is 7.81. The average molecular weight is 619 g/mol. The molecule has 5 rings (SSSR count). The lowest BCUT2D eigenvalue weighted by Gasteiger charge is -2.38. The largest absolute Gasteiger partial charge is 0.360 e. The maximum absolute atomic E-state index is 14.0. The summed E-state index contributed by atoms with van der Waals surface area (Å²) in [4.78, 5) is 73.7. The number of rotatable bonds is 3. The van der Waals surface area contributed by atoms with Crippen LogP contribution < -0.4 is 16.0 Å². The van der Waals surface area contributed by atoms with Gasteiger partial charge in [-0.05, 0) is 37.6 Å². The number of carbonyl (C=O) groups excluding carboxylic acids is 5. The van der Waals surface area contributed by atoms with Crippen molar-refractivity contribution in [1.82, 2.24) is 30.7 Å². The van der Waals surface area contributed by atoms with Crippen molar-refractivity contribution in [2.45, 2.75) is 44.6 Å². The van der Waals surface area contributed by atoms with E-state index in [0.717, 1.165) is 5.56 Å². The first-order chi connectivity index (χ1) is 21.5. The summed E-state index contributed by atoms with van der Waals surface area (Å²) in [5, 5.41) is 8.53. The van der Waals surface area contributed by atoms with Gasteiger partial charge in [0.25, 0.3) is 11.8 Å². The third-order valence-corrected chi connectivity index (χ3v) is 7.81. The number of nitrogens with zero attached hydrogens (tertiary/aromatic N) is 3. The Kier molecular flexibility index (Phi) is 9.37. The Balaban J connectivity index is 1.47. The van der Waals surface area contributed by atoms with Crippen LogP contribution in [0, 0.1) is 12.7 Å². The van der Waals surface area contributed by atoms with Gasteiger partial charge in [-0.2, -0.15) is 0 Å². The molecule has 2 fully saturated rings. The predicted octanol–water partition coefficient (Wildman–Crippen LogP) is 0.712. The van der Waals surface area contributed by atoms with Crippen LogP contribution in [0.15, 0.2) is 54.6 Å². The van der Waals surface area contributed by atoms with E-state index in [1.807, 2.05) is 30.3 Å². The molecule has 1 aromatic heterocycles. The van der Waals surface area contributed by atoms with Crippen molar-refractivity contribution in [1.29, 1.82) is 0 Å². The van der Waals surface area contributed by atoms with Gasteiger partial charge in [-0.15, -0.1) is 0 Å². The lowest BCUT2D eigenvalue weighted by Crippen LogP contribution is -2.59. The number of aromatic nitrogens is 1. The summed E-state index contributed by atoms with van der Waals surface area (Å²) in [5.74, 6) is -3.10. The van der Waals surface area contributed by atoms with Gasteiger partial charge in [0.2, 0.25) is 17.7 Å². The number of pyridine rings is 1. The van der Waals surface area contributed by atoms with Crippen LogP contribution in [-0.4, -0.2) is 102 Å². The van der Waals surface area contributed by atoms with Gasteiger partial charge in [-0.25, -0.2) is 4.39 Å². The molecule has 2 aliphatic rings. The van der Waals surface area contributed by atoms with Crippen LogP contribution in [0.5, 0.6) is 0 Å². The van der Waals surface area contributed by atoms with Crippen molar-refractivity contribution in [3.05, 3.63) is 77.2 Å². The molecular formula is C32H35FN6O6. The van der Waals surface area contributed by atoms with Crippen molar-refractivity contribution < 1.29 is 33.1 Å². The molecule has 45 heavy (non-hydrogen) atoms. The highest BCUT2D eigenvalue weighted by atomic mass is 19.1. The fraction of sp³-hybridized carbons (Fsp3) is 0.375. The topological polar surface area (TPSA) is 150 Å². The molecule has 3 heterocycles. The van der Waals surface area contributed by atoms with E-state index >= 15 is 0 Å². The number of likely N-dealkylation sites (N-methyl/N-ethyl adjacent to an activating group) is 1. The van der Waals surface area contributed by atoms with Crippen molar-refractivity contribution in [3.63, 3.8) is 0 Å². The molecule has 12 nitrogen and oxygen atoms in total. The maximum atomic E-state index is 14.0. The minimum absolute atomic E-state index is 0.0306. The van der Waals surface area contributed by atoms with Crippen molar-refractivity contribution in [2.24, 2.45) is 0 Å². The fourth-order valence-corrected chi connectivity index (χ4v) is 5.54. The Labute approximate surface area is 259 Å². The second-order valence-corrected chi connectivity index (χ2v) is 11.4. The van der Waals surface area contributed by atoms with Gasteiger partial charge < -0.3 is 30.5 Å². The van der Waals surface area contributed by atoms with Gasteiger partial charge in [-0.1, -0.05) is 30.3 Å². The summed E-state index contributed by atoms with van der Waals surface area (Å²) in [5.41, 5.74) is 1.89. The summed E-state index contributed by atoms with van der Waals surface area (Å²) in [6.45, 7) is 2.71. The lowest BCUT2D eigenvalue weighted by molar-refractivity contribution is -0.148. The zero-order valence-corrected chi connectivity index (χ0v) is 25.2.